The van der Waals surface area contributed by atoms with Crippen LogP contribution in [0.25, 0.3) is 0 Å². The monoisotopic (exact) mass is 308 g/mol. The van der Waals surface area contributed by atoms with Gasteiger partial charge in [0.25, 0.3) is 5.91 Å². The number of carbonyl (C=O) groups excluding carboxylic acids is 2. The summed E-state index contributed by atoms with van der Waals surface area (Å²) in [5.41, 5.74) is 0.986. The molecule has 0 radical (unpaired) electrons. The minimum absolute atomic E-state index is 0.167. The van der Waals surface area contributed by atoms with Crippen molar-refractivity contribution in [2.24, 2.45) is 0 Å². The normalized spacial score (nSPS) is 15.4. The molecule has 1 saturated heterocycles. The van der Waals surface area contributed by atoms with Gasteiger partial charge in [0.05, 0.1) is 21.3 Å². The molecule has 0 spiro atoms. The van der Waals surface area contributed by atoms with Crippen molar-refractivity contribution in [3.05, 3.63) is 23.8 Å². The van der Waals surface area contributed by atoms with Crippen LogP contribution in [0, 0.1) is 0 Å². The standard InChI is InChI=1S/C15H21N3O4/c1-17(10-14(19)18-7-6-16-15(18)20)9-11-4-5-12(21-2)8-13(11)22-3/h4-5,8H,6-7,9-10H2,1-3H3,(H,16,20)/p+1. The van der Waals surface area contributed by atoms with Gasteiger partial charge < -0.3 is 19.7 Å². The molecule has 0 saturated carbocycles. The fourth-order valence-corrected chi connectivity index (χ4v) is 2.45. The van der Waals surface area contributed by atoms with Crippen molar-refractivity contribution in [1.29, 1.82) is 0 Å². The second-order valence-corrected chi connectivity index (χ2v) is 5.27. The Balaban J connectivity index is 1.98. The average Bonchev–Trinajstić information content (AvgIpc) is 2.93. The number of amides is 3. The first-order valence-electron chi connectivity index (χ1n) is 7.15. The van der Waals surface area contributed by atoms with Crippen LogP contribution in [0.2, 0.25) is 0 Å². The minimum Gasteiger partial charge on any atom is -0.497 e. The van der Waals surface area contributed by atoms with Crippen LogP contribution < -0.4 is 19.7 Å². The maximum atomic E-state index is 12.1. The topological polar surface area (TPSA) is 72.3 Å². The van der Waals surface area contributed by atoms with E-state index in [0.29, 0.717) is 19.6 Å². The summed E-state index contributed by atoms with van der Waals surface area (Å²) in [5, 5.41) is 2.63. The SMILES string of the molecule is COc1ccc(C[NH+](C)CC(=O)N2CCNC2=O)c(OC)c1. The summed E-state index contributed by atoms with van der Waals surface area (Å²) in [6, 6.07) is 5.30. The number of rotatable bonds is 6. The number of quaternary nitrogens is 1. The molecule has 22 heavy (non-hydrogen) atoms. The van der Waals surface area contributed by atoms with Gasteiger partial charge in [0.2, 0.25) is 0 Å². The molecule has 0 aliphatic carbocycles. The third-order valence-corrected chi connectivity index (χ3v) is 3.60. The van der Waals surface area contributed by atoms with Crippen molar-refractivity contribution in [2.45, 2.75) is 6.54 Å². The summed E-state index contributed by atoms with van der Waals surface area (Å²) >= 11 is 0. The van der Waals surface area contributed by atoms with E-state index >= 15 is 0 Å². The molecule has 2 N–H and O–H groups in total. The van der Waals surface area contributed by atoms with Gasteiger partial charge in [-0.1, -0.05) is 0 Å². The molecule has 1 aromatic rings. The molecular formula is C15H22N3O4+. The molecule has 3 amide bonds. The molecule has 120 valence electrons. The van der Waals surface area contributed by atoms with Gasteiger partial charge in [-0.2, -0.15) is 0 Å². The second-order valence-electron chi connectivity index (χ2n) is 5.27. The zero-order chi connectivity index (χ0) is 16.1. The van der Waals surface area contributed by atoms with Crippen LogP contribution in [0.5, 0.6) is 11.5 Å². The highest BCUT2D eigenvalue weighted by atomic mass is 16.5. The van der Waals surface area contributed by atoms with Gasteiger partial charge >= 0.3 is 6.03 Å². The van der Waals surface area contributed by atoms with E-state index in [1.807, 2.05) is 25.2 Å². The van der Waals surface area contributed by atoms with E-state index in [2.05, 4.69) is 5.32 Å². The molecule has 1 heterocycles. The maximum absolute atomic E-state index is 12.1. The summed E-state index contributed by atoms with van der Waals surface area (Å²) in [5.74, 6) is 1.29. The highest BCUT2D eigenvalue weighted by Gasteiger charge is 2.28. The quantitative estimate of drug-likeness (QED) is 0.727. The van der Waals surface area contributed by atoms with Crippen molar-refractivity contribution in [3.8, 4) is 11.5 Å². The number of likely N-dealkylation sites (N-methyl/N-ethyl adjacent to an activating group) is 1. The summed E-state index contributed by atoms with van der Waals surface area (Å²) in [6.45, 7) is 1.84. The molecule has 1 atom stereocenters. The Morgan fingerprint density at radius 1 is 1.36 bits per heavy atom. The van der Waals surface area contributed by atoms with Gasteiger partial charge in [0.15, 0.2) is 6.54 Å². The lowest BCUT2D eigenvalue weighted by Crippen LogP contribution is -3.08. The van der Waals surface area contributed by atoms with E-state index in [9.17, 15) is 9.59 Å². The van der Waals surface area contributed by atoms with Crippen molar-refractivity contribution in [3.63, 3.8) is 0 Å². The Kier molecular flexibility index (Phi) is 5.21. The van der Waals surface area contributed by atoms with Crippen molar-refractivity contribution >= 4 is 11.9 Å². The van der Waals surface area contributed by atoms with Crippen LogP contribution in [0.1, 0.15) is 5.56 Å². The van der Waals surface area contributed by atoms with Crippen molar-refractivity contribution in [2.75, 3.05) is 40.9 Å². The molecule has 0 aromatic heterocycles. The lowest BCUT2D eigenvalue weighted by molar-refractivity contribution is -0.885. The van der Waals surface area contributed by atoms with Gasteiger partial charge in [0.1, 0.15) is 18.0 Å². The molecule has 2 rings (SSSR count). The van der Waals surface area contributed by atoms with Crippen LogP contribution >= 0.6 is 0 Å². The number of imide groups is 1. The smallest absolute Gasteiger partial charge is 0.324 e. The molecule has 0 bridgehead atoms. The minimum atomic E-state index is -0.306. The number of hydrogen-bond donors (Lipinski definition) is 2. The summed E-state index contributed by atoms with van der Waals surface area (Å²) in [4.78, 5) is 25.8. The van der Waals surface area contributed by atoms with Crippen molar-refractivity contribution in [1.82, 2.24) is 10.2 Å². The predicted molar refractivity (Wildman–Crippen MR) is 80.1 cm³/mol. The number of nitrogens with one attached hydrogen (secondary N) is 2. The van der Waals surface area contributed by atoms with E-state index in [4.69, 9.17) is 9.47 Å². The number of ether oxygens (including phenoxy) is 2. The van der Waals surface area contributed by atoms with Gasteiger partial charge in [-0.25, -0.2) is 4.79 Å². The van der Waals surface area contributed by atoms with Gasteiger partial charge in [0, 0.05) is 24.7 Å². The predicted octanol–water partition coefficient (Wildman–Crippen LogP) is -0.730. The molecule has 1 fully saturated rings. The molecular weight excluding hydrogens is 286 g/mol. The number of hydrogen-bond acceptors (Lipinski definition) is 4. The van der Waals surface area contributed by atoms with Gasteiger partial charge in [-0.3, -0.25) is 9.69 Å². The lowest BCUT2D eigenvalue weighted by atomic mass is 10.2. The zero-order valence-electron chi connectivity index (χ0n) is 13.1. The number of nitrogens with zero attached hydrogens (tertiary/aromatic N) is 1. The van der Waals surface area contributed by atoms with Crippen LogP contribution in [0.15, 0.2) is 18.2 Å². The largest absolute Gasteiger partial charge is 0.497 e. The number of methoxy groups -OCH3 is 2. The Bertz CT molecular complexity index is 562. The summed E-state index contributed by atoms with van der Waals surface area (Å²) in [7, 11) is 5.12. The van der Waals surface area contributed by atoms with Crippen LogP contribution in [-0.2, 0) is 11.3 Å². The zero-order valence-corrected chi connectivity index (χ0v) is 13.1. The van der Waals surface area contributed by atoms with Crippen LogP contribution in [-0.4, -0.2) is 57.7 Å². The van der Waals surface area contributed by atoms with Crippen LogP contribution in [0.3, 0.4) is 0 Å². The first-order valence-corrected chi connectivity index (χ1v) is 7.15. The number of benzene rings is 1. The molecule has 1 aliphatic heterocycles. The molecule has 1 aromatic carbocycles. The van der Waals surface area contributed by atoms with Gasteiger partial charge in [-0.05, 0) is 12.1 Å². The van der Waals surface area contributed by atoms with E-state index in [-0.39, 0.29) is 18.5 Å². The first kappa shape index (κ1) is 16.1. The molecule has 7 nitrogen and oxygen atoms in total. The number of urea groups is 1. The lowest BCUT2D eigenvalue weighted by Gasteiger charge is -2.18. The third kappa shape index (κ3) is 3.67. The number of carbonyl (C=O) groups is 2. The second kappa shape index (κ2) is 7.13. The summed E-state index contributed by atoms with van der Waals surface area (Å²) in [6.07, 6.45) is 0. The maximum Gasteiger partial charge on any atom is 0.324 e. The Hall–Kier alpha value is -2.28. The third-order valence-electron chi connectivity index (χ3n) is 3.60. The Morgan fingerprint density at radius 3 is 2.73 bits per heavy atom. The van der Waals surface area contributed by atoms with E-state index in [1.165, 1.54) is 4.90 Å². The van der Waals surface area contributed by atoms with Crippen molar-refractivity contribution < 1.29 is 24.0 Å². The van der Waals surface area contributed by atoms with Gasteiger partial charge in [-0.15, -0.1) is 0 Å². The summed E-state index contributed by atoms with van der Waals surface area (Å²) < 4.78 is 10.5. The Labute approximate surface area is 129 Å². The van der Waals surface area contributed by atoms with E-state index in [0.717, 1.165) is 22.0 Å². The molecule has 1 unspecified atom stereocenters. The molecule has 7 heteroatoms. The average molecular weight is 308 g/mol. The first-order chi connectivity index (χ1) is 10.5. The fraction of sp³-hybridized carbons (Fsp3) is 0.467. The highest BCUT2D eigenvalue weighted by molar-refractivity contribution is 5.96. The fourth-order valence-electron chi connectivity index (χ4n) is 2.45. The molecule has 1 aliphatic rings. The Morgan fingerprint density at radius 2 is 2.14 bits per heavy atom. The highest BCUT2D eigenvalue weighted by Crippen LogP contribution is 2.23. The van der Waals surface area contributed by atoms with E-state index < -0.39 is 0 Å². The van der Waals surface area contributed by atoms with Crippen LogP contribution in [0.4, 0.5) is 4.79 Å². The van der Waals surface area contributed by atoms with E-state index in [1.54, 1.807) is 14.2 Å².